The Labute approximate surface area is 221 Å². The predicted octanol–water partition coefficient (Wildman–Crippen LogP) is 3.18. The van der Waals surface area contributed by atoms with Crippen molar-refractivity contribution in [3.63, 3.8) is 0 Å². The van der Waals surface area contributed by atoms with Crippen LogP contribution in [0.5, 0.6) is 0 Å². The number of hydrogen-bond acceptors (Lipinski definition) is 6. The molecule has 1 fully saturated rings. The van der Waals surface area contributed by atoms with Crippen molar-refractivity contribution in [1.29, 1.82) is 0 Å². The van der Waals surface area contributed by atoms with E-state index in [1.807, 2.05) is 12.1 Å². The summed E-state index contributed by atoms with van der Waals surface area (Å²) in [7, 11) is 1.53. The zero-order valence-corrected chi connectivity index (χ0v) is 22.7. The van der Waals surface area contributed by atoms with Crippen LogP contribution in [-0.2, 0) is 25.5 Å². The first-order chi connectivity index (χ1) is 17.1. The van der Waals surface area contributed by atoms with Gasteiger partial charge in [0.1, 0.15) is 11.6 Å². The molecule has 3 atom stereocenters. The number of hydrogen-bond donors (Lipinski definition) is 2. The molecule has 1 aliphatic rings. The second kappa shape index (κ2) is 12.8. The molecule has 3 amide bonds. The summed E-state index contributed by atoms with van der Waals surface area (Å²) in [6.07, 6.45) is 0.904. The number of amides is 3. The number of likely N-dealkylation sites (tertiary alicyclic amines) is 1. The van der Waals surface area contributed by atoms with Crippen LogP contribution in [0.15, 0.2) is 24.3 Å². The minimum atomic E-state index is -3.13. The average molecular weight is 547 g/mol. The summed E-state index contributed by atoms with van der Waals surface area (Å²) in [6, 6.07) is 4.73. The highest BCUT2D eigenvalue weighted by Gasteiger charge is 2.45. The van der Waals surface area contributed by atoms with Gasteiger partial charge in [0.05, 0.1) is 18.2 Å². The van der Waals surface area contributed by atoms with Crippen LogP contribution in [0.25, 0.3) is 0 Å². The standard InChI is InChI=1S/C25H37ClF2N4O5/c1-16(29)20(33)30-19(14-36-22(27)28)21(34)31(5)25(13-17-7-9-18(26)10-8-17)11-6-12-32(15-25)23(35)37-24(2,3)4/h7-10,16,19,22H,6,11-15,29H2,1-5H3,(H,30,33)/t16-,19-,25+/m0/s1. The Bertz CT molecular complexity index is 942. The molecule has 208 valence electrons. The summed E-state index contributed by atoms with van der Waals surface area (Å²) < 4.78 is 35.6. The van der Waals surface area contributed by atoms with Crippen molar-refractivity contribution in [1.82, 2.24) is 15.1 Å². The Morgan fingerprint density at radius 1 is 1.24 bits per heavy atom. The maximum absolute atomic E-state index is 13.7. The Hall–Kier alpha value is -2.50. The number of benzene rings is 1. The Balaban J connectivity index is 2.41. The van der Waals surface area contributed by atoms with E-state index in [-0.39, 0.29) is 6.54 Å². The number of nitrogens with zero attached hydrogens (tertiary/aromatic N) is 2. The highest BCUT2D eigenvalue weighted by atomic mass is 35.5. The summed E-state index contributed by atoms with van der Waals surface area (Å²) in [5.74, 6) is -1.33. The van der Waals surface area contributed by atoms with Crippen molar-refractivity contribution in [2.24, 2.45) is 5.73 Å². The zero-order valence-electron chi connectivity index (χ0n) is 21.9. The molecular weight excluding hydrogens is 510 g/mol. The molecule has 2 rings (SSSR count). The predicted molar refractivity (Wildman–Crippen MR) is 135 cm³/mol. The topological polar surface area (TPSA) is 114 Å². The summed E-state index contributed by atoms with van der Waals surface area (Å²) in [5.41, 5.74) is 4.82. The SMILES string of the molecule is C[C@H](N)C(=O)N[C@@H](COC(F)F)C(=O)N(C)[C@@]1(Cc2ccc(Cl)cc2)CCCN(C(=O)OC(C)(C)C)C1. The van der Waals surface area contributed by atoms with Gasteiger partial charge in [0.25, 0.3) is 0 Å². The molecule has 12 heteroatoms. The number of nitrogens with one attached hydrogen (secondary N) is 1. The second-order valence-corrected chi connectivity index (χ2v) is 10.8. The minimum absolute atomic E-state index is 0.135. The van der Waals surface area contributed by atoms with Crippen molar-refractivity contribution < 1.29 is 32.6 Å². The van der Waals surface area contributed by atoms with E-state index < -0.39 is 54.3 Å². The first-order valence-corrected chi connectivity index (χ1v) is 12.5. The van der Waals surface area contributed by atoms with Gasteiger partial charge in [-0.15, -0.1) is 0 Å². The van der Waals surface area contributed by atoms with E-state index in [0.717, 1.165) is 5.56 Å². The van der Waals surface area contributed by atoms with Gasteiger partial charge >= 0.3 is 12.7 Å². The van der Waals surface area contributed by atoms with Gasteiger partial charge in [-0.25, -0.2) is 4.79 Å². The average Bonchev–Trinajstić information content (AvgIpc) is 2.81. The third-order valence-corrected chi connectivity index (χ3v) is 6.36. The lowest BCUT2D eigenvalue weighted by molar-refractivity contribution is -0.156. The molecule has 0 spiro atoms. The number of piperidine rings is 1. The largest absolute Gasteiger partial charge is 0.444 e. The quantitative estimate of drug-likeness (QED) is 0.492. The van der Waals surface area contributed by atoms with Crippen LogP contribution in [0.2, 0.25) is 5.02 Å². The van der Waals surface area contributed by atoms with E-state index in [0.29, 0.717) is 30.8 Å². The fourth-order valence-electron chi connectivity index (χ4n) is 4.23. The number of carbonyl (C=O) groups excluding carboxylic acids is 3. The van der Waals surface area contributed by atoms with E-state index in [4.69, 9.17) is 22.1 Å². The first kappa shape index (κ1) is 30.7. The number of nitrogens with two attached hydrogens (primary N) is 1. The molecule has 0 unspecified atom stereocenters. The van der Waals surface area contributed by atoms with Crippen molar-refractivity contribution >= 4 is 29.5 Å². The van der Waals surface area contributed by atoms with Crippen molar-refractivity contribution in [2.75, 3.05) is 26.7 Å². The van der Waals surface area contributed by atoms with Crippen LogP contribution in [-0.4, -0.2) is 84.3 Å². The van der Waals surface area contributed by atoms with E-state index in [1.54, 1.807) is 37.8 Å². The van der Waals surface area contributed by atoms with Crippen LogP contribution in [0, 0.1) is 0 Å². The monoisotopic (exact) mass is 546 g/mol. The van der Waals surface area contributed by atoms with Crippen LogP contribution < -0.4 is 11.1 Å². The maximum atomic E-state index is 13.7. The number of rotatable bonds is 9. The number of halogens is 3. The zero-order chi connectivity index (χ0) is 28.0. The molecule has 1 aromatic carbocycles. The number of alkyl halides is 2. The molecule has 0 saturated carbocycles. The van der Waals surface area contributed by atoms with Gasteiger partial charge in [-0.2, -0.15) is 8.78 Å². The molecule has 3 N–H and O–H groups in total. The molecule has 1 aromatic rings. The smallest absolute Gasteiger partial charge is 0.410 e. The van der Waals surface area contributed by atoms with Crippen LogP contribution in [0.1, 0.15) is 46.1 Å². The number of likely N-dealkylation sites (N-methyl/N-ethyl adjacent to an activating group) is 1. The molecular formula is C25H37ClF2N4O5. The number of carbonyl (C=O) groups is 3. The summed E-state index contributed by atoms with van der Waals surface area (Å²) in [4.78, 5) is 41.8. The first-order valence-electron chi connectivity index (χ1n) is 12.1. The fourth-order valence-corrected chi connectivity index (χ4v) is 4.35. The Kier molecular flexibility index (Phi) is 10.7. The van der Waals surface area contributed by atoms with E-state index in [1.165, 1.54) is 18.9 Å². The third-order valence-electron chi connectivity index (χ3n) is 6.11. The van der Waals surface area contributed by atoms with E-state index in [2.05, 4.69) is 10.1 Å². The van der Waals surface area contributed by atoms with Crippen molar-refractivity contribution in [3.8, 4) is 0 Å². The Morgan fingerprint density at radius 2 is 1.86 bits per heavy atom. The van der Waals surface area contributed by atoms with Crippen molar-refractivity contribution in [3.05, 3.63) is 34.9 Å². The lowest BCUT2D eigenvalue weighted by Gasteiger charge is -2.49. The molecule has 9 nitrogen and oxygen atoms in total. The lowest BCUT2D eigenvalue weighted by Crippen LogP contribution is -2.65. The molecule has 1 heterocycles. The van der Waals surface area contributed by atoms with Gasteiger partial charge in [0, 0.05) is 25.2 Å². The van der Waals surface area contributed by atoms with Crippen LogP contribution in [0.4, 0.5) is 13.6 Å². The van der Waals surface area contributed by atoms with Gasteiger partial charge in [0.2, 0.25) is 11.8 Å². The molecule has 0 aliphatic carbocycles. The van der Waals surface area contributed by atoms with E-state index >= 15 is 0 Å². The van der Waals surface area contributed by atoms with Gasteiger partial charge in [0.15, 0.2) is 0 Å². The summed E-state index contributed by atoms with van der Waals surface area (Å²) in [5, 5.41) is 2.95. The van der Waals surface area contributed by atoms with Gasteiger partial charge in [-0.05, 0) is 64.7 Å². The highest BCUT2D eigenvalue weighted by Crippen LogP contribution is 2.32. The van der Waals surface area contributed by atoms with Gasteiger partial charge < -0.3 is 30.3 Å². The molecule has 1 saturated heterocycles. The second-order valence-electron chi connectivity index (χ2n) is 10.4. The third kappa shape index (κ3) is 9.08. The molecule has 0 bridgehead atoms. The molecule has 37 heavy (non-hydrogen) atoms. The highest BCUT2D eigenvalue weighted by molar-refractivity contribution is 6.30. The summed E-state index contributed by atoms with van der Waals surface area (Å²) in [6.45, 7) is 3.39. The number of ether oxygens (including phenoxy) is 2. The normalized spacial score (nSPS) is 19.8. The molecule has 0 aromatic heterocycles. The maximum Gasteiger partial charge on any atom is 0.410 e. The van der Waals surface area contributed by atoms with Crippen molar-refractivity contribution in [2.45, 2.75) is 76.8 Å². The van der Waals surface area contributed by atoms with Gasteiger partial charge in [-0.3, -0.25) is 9.59 Å². The fraction of sp³-hybridized carbons (Fsp3) is 0.640. The van der Waals surface area contributed by atoms with Gasteiger partial charge in [-0.1, -0.05) is 23.7 Å². The molecule has 0 radical (unpaired) electrons. The summed E-state index contributed by atoms with van der Waals surface area (Å²) >= 11 is 6.04. The Morgan fingerprint density at radius 3 is 2.41 bits per heavy atom. The van der Waals surface area contributed by atoms with Crippen LogP contribution in [0.3, 0.4) is 0 Å². The lowest BCUT2D eigenvalue weighted by atomic mass is 9.81. The molecule has 1 aliphatic heterocycles. The van der Waals surface area contributed by atoms with Crippen LogP contribution >= 0.6 is 11.6 Å². The van der Waals surface area contributed by atoms with E-state index in [9.17, 15) is 23.2 Å². The minimum Gasteiger partial charge on any atom is -0.444 e.